The Hall–Kier alpha value is -3.18. The molecule has 0 spiro atoms. The summed E-state index contributed by atoms with van der Waals surface area (Å²) in [6.07, 6.45) is 0. The van der Waals surface area contributed by atoms with Crippen molar-refractivity contribution in [2.24, 2.45) is 0 Å². The van der Waals surface area contributed by atoms with Crippen molar-refractivity contribution in [3.05, 3.63) is 60.2 Å². The third-order valence-corrected chi connectivity index (χ3v) is 4.43. The maximum atomic E-state index is 12.4. The van der Waals surface area contributed by atoms with Crippen LogP contribution >= 0.6 is 11.8 Å². The number of hydrogen-bond acceptors (Lipinski definition) is 6. The summed E-state index contributed by atoms with van der Waals surface area (Å²) in [5.41, 5.74) is 1.73. The molecular weight excluding hydrogens is 336 g/mol. The maximum absolute atomic E-state index is 12.4. The van der Waals surface area contributed by atoms with E-state index >= 15 is 0 Å². The molecule has 1 heterocycles. The highest BCUT2D eigenvalue weighted by atomic mass is 32.2. The fraction of sp³-hybridized carbons (Fsp3) is 0.118. The third kappa shape index (κ3) is 3.84. The van der Waals surface area contributed by atoms with Gasteiger partial charge in [-0.2, -0.15) is 9.94 Å². The van der Waals surface area contributed by atoms with Crippen LogP contribution in [0.2, 0.25) is 0 Å². The number of benzene rings is 2. The molecule has 1 aromatic heterocycles. The van der Waals surface area contributed by atoms with Crippen molar-refractivity contribution < 1.29 is 4.79 Å². The number of amides is 1. The summed E-state index contributed by atoms with van der Waals surface area (Å²) < 4.78 is 1.58. The van der Waals surface area contributed by atoms with Crippen LogP contribution in [0.1, 0.15) is 12.5 Å². The number of aromatic nitrogens is 4. The quantitative estimate of drug-likeness (QED) is 0.711. The van der Waals surface area contributed by atoms with Crippen molar-refractivity contribution in [3.8, 4) is 11.8 Å². The van der Waals surface area contributed by atoms with E-state index in [2.05, 4.69) is 26.9 Å². The van der Waals surface area contributed by atoms with Gasteiger partial charge in [0.15, 0.2) is 0 Å². The number of nitrogens with zero attached hydrogens (tertiary/aromatic N) is 5. The third-order valence-electron chi connectivity index (χ3n) is 3.40. The molecular formula is C17H14N6OS. The van der Waals surface area contributed by atoms with E-state index < -0.39 is 5.25 Å². The molecule has 0 aliphatic rings. The van der Waals surface area contributed by atoms with Gasteiger partial charge in [-0.25, -0.2) is 0 Å². The van der Waals surface area contributed by atoms with Gasteiger partial charge in [-0.05, 0) is 41.6 Å². The summed E-state index contributed by atoms with van der Waals surface area (Å²) >= 11 is 1.24. The Morgan fingerprint density at radius 2 is 1.92 bits per heavy atom. The highest BCUT2D eigenvalue weighted by molar-refractivity contribution is 8.00. The standard InChI is InChI=1S/C17H14N6OS/c1-12(16(24)19-15-10-6-5-7-13(15)11-18)25-17-20-21-22-23(17)14-8-3-2-4-9-14/h2-10,12H,1H3,(H,19,24)/t12-/m0/s1. The van der Waals surface area contributed by atoms with Crippen molar-refractivity contribution in [2.45, 2.75) is 17.3 Å². The topological polar surface area (TPSA) is 96.5 Å². The number of tetrazole rings is 1. The zero-order chi connectivity index (χ0) is 17.6. The van der Waals surface area contributed by atoms with Crippen LogP contribution in [0.3, 0.4) is 0 Å². The van der Waals surface area contributed by atoms with E-state index in [0.29, 0.717) is 16.4 Å². The fourth-order valence-electron chi connectivity index (χ4n) is 2.12. The molecule has 0 aliphatic carbocycles. The molecule has 0 radical (unpaired) electrons. The van der Waals surface area contributed by atoms with E-state index in [9.17, 15) is 4.79 Å². The number of carbonyl (C=O) groups excluding carboxylic acids is 1. The molecule has 0 saturated heterocycles. The Kier molecular flexibility index (Phi) is 5.06. The molecule has 3 aromatic rings. The number of thioether (sulfide) groups is 1. The highest BCUT2D eigenvalue weighted by Crippen LogP contribution is 2.24. The molecule has 25 heavy (non-hydrogen) atoms. The summed E-state index contributed by atoms with van der Waals surface area (Å²) in [4.78, 5) is 12.4. The summed E-state index contributed by atoms with van der Waals surface area (Å²) in [6, 6.07) is 18.4. The molecule has 0 aliphatic heterocycles. The minimum atomic E-state index is -0.444. The second-order valence-electron chi connectivity index (χ2n) is 5.12. The molecule has 8 heteroatoms. The fourth-order valence-corrected chi connectivity index (χ4v) is 2.93. The Bertz CT molecular complexity index is 918. The van der Waals surface area contributed by atoms with Gasteiger partial charge in [-0.1, -0.05) is 42.1 Å². The maximum Gasteiger partial charge on any atom is 0.237 e. The average molecular weight is 350 g/mol. The van der Waals surface area contributed by atoms with Gasteiger partial charge in [-0.15, -0.1) is 5.10 Å². The van der Waals surface area contributed by atoms with E-state index in [0.717, 1.165) is 5.69 Å². The Morgan fingerprint density at radius 3 is 2.68 bits per heavy atom. The molecule has 1 amide bonds. The van der Waals surface area contributed by atoms with Gasteiger partial charge in [0, 0.05) is 0 Å². The number of nitriles is 1. The van der Waals surface area contributed by atoms with Crippen LogP contribution in [0.5, 0.6) is 0 Å². The summed E-state index contributed by atoms with van der Waals surface area (Å²) in [6.45, 7) is 1.76. The van der Waals surface area contributed by atoms with E-state index in [4.69, 9.17) is 5.26 Å². The van der Waals surface area contributed by atoms with Crippen LogP contribution in [-0.2, 0) is 4.79 Å². The van der Waals surface area contributed by atoms with Crippen LogP contribution in [0, 0.1) is 11.3 Å². The van der Waals surface area contributed by atoms with Gasteiger partial charge >= 0.3 is 0 Å². The summed E-state index contributed by atoms with van der Waals surface area (Å²) in [5.74, 6) is -0.227. The lowest BCUT2D eigenvalue weighted by molar-refractivity contribution is -0.115. The van der Waals surface area contributed by atoms with E-state index in [1.165, 1.54) is 11.8 Å². The van der Waals surface area contributed by atoms with Gasteiger partial charge < -0.3 is 5.32 Å². The van der Waals surface area contributed by atoms with E-state index in [-0.39, 0.29) is 5.91 Å². The van der Waals surface area contributed by atoms with Crippen LogP contribution < -0.4 is 5.32 Å². The van der Waals surface area contributed by atoms with E-state index in [1.54, 1.807) is 35.9 Å². The number of hydrogen-bond donors (Lipinski definition) is 1. The van der Waals surface area contributed by atoms with Gasteiger partial charge in [-0.3, -0.25) is 4.79 Å². The molecule has 0 fully saturated rings. The zero-order valence-electron chi connectivity index (χ0n) is 13.3. The largest absolute Gasteiger partial charge is 0.324 e. The lowest BCUT2D eigenvalue weighted by Gasteiger charge is -2.12. The minimum absolute atomic E-state index is 0.227. The normalized spacial score (nSPS) is 11.5. The first-order chi connectivity index (χ1) is 12.2. The average Bonchev–Trinajstić information content (AvgIpc) is 3.11. The molecule has 0 saturated carbocycles. The second-order valence-corrected chi connectivity index (χ2v) is 6.42. The molecule has 0 bridgehead atoms. The SMILES string of the molecule is C[C@H](Sc1nnnn1-c1ccccc1)C(=O)Nc1ccccc1C#N. The molecule has 7 nitrogen and oxygen atoms in total. The monoisotopic (exact) mass is 350 g/mol. The van der Waals surface area contributed by atoms with E-state index in [1.807, 2.05) is 30.3 Å². The Labute approximate surface area is 148 Å². The second kappa shape index (κ2) is 7.59. The van der Waals surface area contributed by atoms with Crippen molar-refractivity contribution in [2.75, 3.05) is 5.32 Å². The first-order valence-electron chi connectivity index (χ1n) is 7.49. The van der Waals surface area contributed by atoms with Crippen molar-refractivity contribution in [1.29, 1.82) is 5.26 Å². The van der Waals surface area contributed by atoms with Crippen LogP contribution in [-0.4, -0.2) is 31.4 Å². The van der Waals surface area contributed by atoms with Crippen molar-refractivity contribution in [1.82, 2.24) is 20.2 Å². The molecule has 0 unspecified atom stereocenters. The Balaban J connectivity index is 1.73. The van der Waals surface area contributed by atoms with Crippen molar-refractivity contribution >= 4 is 23.4 Å². The minimum Gasteiger partial charge on any atom is -0.324 e. The van der Waals surface area contributed by atoms with Gasteiger partial charge in [0.25, 0.3) is 0 Å². The predicted molar refractivity (Wildman–Crippen MR) is 94.3 cm³/mol. The number of rotatable bonds is 5. The molecule has 1 atom stereocenters. The summed E-state index contributed by atoms with van der Waals surface area (Å²) in [5, 5.41) is 23.6. The lowest BCUT2D eigenvalue weighted by Crippen LogP contribution is -2.23. The molecule has 3 rings (SSSR count). The molecule has 1 N–H and O–H groups in total. The van der Waals surface area contributed by atoms with Crippen molar-refractivity contribution in [3.63, 3.8) is 0 Å². The Morgan fingerprint density at radius 1 is 1.20 bits per heavy atom. The van der Waals surface area contributed by atoms with Gasteiger partial charge in [0.2, 0.25) is 11.1 Å². The highest BCUT2D eigenvalue weighted by Gasteiger charge is 2.20. The molecule has 124 valence electrons. The predicted octanol–water partition coefficient (Wildman–Crippen LogP) is 2.65. The summed E-state index contributed by atoms with van der Waals surface area (Å²) in [7, 11) is 0. The number of para-hydroxylation sites is 2. The first-order valence-corrected chi connectivity index (χ1v) is 8.37. The molecule has 2 aromatic carbocycles. The smallest absolute Gasteiger partial charge is 0.237 e. The zero-order valence-corrected chi connectivity index (χ0v) is 14.1. The van der Waals surface area contributed by atoms with Crippen LogP contribution in [0.15, 0.2) is 59.8 Å². The first kappa shape index (κ1) is 16.7. The number of nitrogens with one attached hydrogen (secondary N) is 1. The number of carbonyl (C=O) groups is 1. The van der Waals surface area contributed by atoms with Gasteiger partial charge in [0.1, 0.15) is 6.07 Å². The van der Waals surface area contributed by atoms with Crippen LogP contribution in [0.25, 0.3) is 5.69 Å². The van der Waals surface area contributed by atoms with Crippen LogP contribution in [0.4, 0.5) is 5.69 Å². The van der Waals surface area contributed by atoms with Gasteiger partial charge in [0.05, 0.1) is 22.2 Å². The lowest BCUT2D eigenvalue weighted by atomic mass is 10.2. The number of anilines is 1.